The van der Waals surface area contributed by atoms with Crippen LogP contribution in [0.1, 0.15) is 22.3 Å². The molecule has 1 N–H and O–H groups in total. The summed E-state index contributed by atoms with van der Waals surface area (Å²) >= 11 is 0. The van der Waals surface area contributed by atoms with Gasteiger partial charge in [0.2, 0.25) is 0 Å². The minimum atomic E-state index is 0.0174. The van der Waals surface area contributed by atoms with E-state index in [1.165, 1.54) is 18.1 Å². The van der Waals surface area contributed by atoms with Gasteiger partial charge in [0, 0.05) is 32.7 Å². The summed E-state index contributed by atoms with van der Waals surface area (Å²) in [5, 5.41) is 8.78. The third-order valence-corrected chi connectivity index (χ3v) is 4.33. The molecule has 2 aromatic rings. The highest BCUT2D eigenvalue weighted by molar-refractivity contribution is 5.93. The van der Waals surface area contributed by atoms with E-state index in [2.05, 4.69) is 4.90 Å². The maximum atomic E-state index is 12.4. The van der Waals surface area contributed by atoms with Gasteiger partial charge in [-0.05, 0) is 30.2 Å². The molecule has 1 fully saturated rings. The van der Waals surface area contributed by atoms with E-state index in [1.807, 2.05) is 29.2 Å². The number of benzene rings is 1. The standard InChI is InChI=1S/C19H24N2O4/c22-11-13-25-18-4-2-16(3-5-18)14-20-7-1-8-21(10-9-20)19(23)17-6-12-24-15-17/h2-6,12,15,22H,1,7-11,13-14H2. The van der Waals surface area contributed by atoms with E-state index >= 15 is 0 Å². The van der Waals surface area contributed by atoms with E-state index in [9.17, 15) is 4.79 Å². The maximum absolute atomic E-state index is 12.4. The maximum Gasteiger partial charge on any atom is 0.257 e. The number of aliphatic hydroxyl groups excluding tert-OH is 1. The highest BCUT2D eigenvalue weighted by Crippen LogP contribution is 2.15. The first-order valence-electron chi connectivity index (χ1n) is 8.62. The Hall–Kier alpha value is -2.31. The average Bonchev–Trinajstić information content (AvgIpc) is 3.08. The number of aliphatic hydroxyl groups is 1. The molecule has 1 aromatic carbocycles. The van der Waals surface area contributed by atoms with Crippen molar-refractivity contribution in [2.45, 2.75) is 13.0 Å². The van der Waals surface area contributed by atoms with Gasteiger partial charge in [-0.25, -0.2) is 0 Å². The summed E-state index contributed by atoms with van der Waals surface area (Å²) in [4.78, 5) is 16.7. The number of carbonyl (C=O) groups excluding carboxylic acids is 1. The fourth-order valence-electron chi connectivity index (χ4n) is 3.01. The molecule has 1 aliphatic heterocycles. The van der Waals surface area contributed by atoms with Gasteiger partial charge in [-0.1, -0.05) is 12.1 Å². The third-order valence-electron chi connectivity index (χ3n) is 4.33. The van der Waals surface area contributed by atoms with Crippen LogP contribution in [-0.2, 0) is 6.54 Å². The Morgan fingerprint density at radius 1 is 1.12 bits per heavy atom. The second kappa shape index (κ2) is 8.69. The molecule has 6 nitrogen and oxygen atoms in total. The number of rotatable bonds is 6. The number of carbonyl (C=O) groups is 1. The Morgan fingerprint density at radius 2 is 1.96 bits per heavy atom. The molecule has 0 bridgehead atoms. The molecule has 0 spiro atoms. The largest absolute Gasteiger partial charge is 0.491 e. The Bertz CT molecular complexity index is 655. The van der Waals surface area contributed by atoms with Crippen molar-refractivity contribution in [1.82, 2.24) is 9.80 Å². The van der Waals surface area contributed by atoms with Crippen LogP contribution in [0.25, 0.3) is 0 Å². The second-order valence-corrected chi connectivity index (χ2v) is 6.15. The zero-order chi connectivity index (χ0) is 17.5. The fraction of sp³-hybridized carbons (Fsp3) is 0.421. The molecule has 1 saturated heterocycles. The Balaban J connectivity index is 1.52. The summed E-state index contributed by atoms with van der Waals surface area (Å²) in [5.74, 6) is 0.812. The van der Waals surface area contributed by atoms with Gasteiger partial charge in [0.05, 0.1) is 18.4 Å². The zero-order valence-corrected chi connectivity index (χ0v) is 14.3. The van der Waals surface area contributed by atoms with Crippen molar-refractivity contribution in [1.29, 1.82) is 0 Å². The summed E-state index contributed by atoms with van der Waals surface area (Å²) < 4.78 is 10.4. The monoisotopic (exact) mass is 344 g/mol. The molecule has 1 aromatic heterocycles. The first-order chi connectivity index (χ1) is 12.3. The molecule has 3 rings (SSSR count). The minimum Gasteiger partial charge on any atom is -0.491 e. The van der Waals surface area contributed by atoms with Gasteiger partial charge >= 0.3 is 0 Å². The van der Waals surface area contributed by atoms with Crippen LogP contribution in [0, 0.1) is 0 Å². The SMILES string of the molecule is O=C(c1ccoc1)N1CCCN(Cc2ccc(OCCO)cc2)CC1. The smallest absolute Gasteiger partial charge is 0.257 e. The van der Waals surface area contributed by atoms with E-state index in [1.54, 1.807) is 6.07 Å². The molecule has 1 aliphatic rings. The van der Waals surface area contributed by atoms with Crippen LogP contribution in [0.15, 0.2) is 47.3 Å². The van der Waals surface area contributed by atoms with E-state index in [-0.39, 0.29) is 12.5 Å². The summed E-state index contributed by atoms with van der Waals surface area (Å²) in [6.45, 7) is 4.50. The lowest BCUT2D eigenvalue weighted by Crippen LogP contribution is -2.34. The normalized spacial score (nSPS) is 15.8. The fourth-order valence-corrected chi connectivity index (χ4v) is 3.01. The average molecular weight is 344 g/mol. The number of hydrogen-bond donors (Lipinski definition) is 1. The number of hydrogen-bond acceptors (Lipinski definition) is 5. The third kappa shape index (κ3) is 4.84. The van der Waals surface area contributed by atoms with E-state index in [4.69, 9.17) is 14.3 Å². The predicted octanol–water partition coefficient (Wildman–Crippen LogP) is 2.00. The summed E-state index contributed by atoms with van der Waals surface area (Å²) in [7, 11) is 0. The van der Waals surface area contributed by atoms with Crippen LogP contribution in [0.3, 0.4) is 0 Å². The number of amides is 1. The zero-order valence-electron chi connectivity index (χ0n) is 14.3. The van der Waals surface area contributed by atoms with Gasteiger partial charge < -0.3 is 19.2 Å². The minimum absolute atomic E-state index is 0.0174. The van der Waals surface area contributed by atoms with Crippen LogP contribution in [0.4, 0.5) is 0 Å². The van der Waals surface area contributed by atoms with Gasteiger partial charge in [-0.15, -0.1) is 0 Å². The lowest BCUT2D eigenvalue weighted by atomic mass is 10.2. The molecule has 0 atom stereocenters. The van der Waals surface area contributed by atoms with Crippen LogP contribution in [0.2, 0.25) is 0 Å². The van der Waals surface area contributed by atoms with Crippen LogP contribution >= 0.6 is 0 Å². The van der Waals surface area contributed by atoms with Gasteiger partial charge in [-0.2, -0.15) is 0 Å². The van der Waals surface area contributed by atoms with E-state index in [0.29, 0.717) is 12.2 Å². The Kier molecular flexibility index (Phi) is 6.09. The van der Waals surface area contributed by atoms with E-state index in [0.717, 1.165) is 44.9 Å². The highest BCUT2D eigenvalue weighted by Gasteiger charge is 2.20. The first kappa shape index (κ1) is 17.5. The van der Waals surface area contributed by atoms with E-state index < -0.39 is 0 Å². The van der Waals surface area contributed by atoms with Gasteiger partial charge in [0.25, 0.3) is 5.91 Å². The number of ether oxygens (including phenoxy) is 1. The summed E-state index contributed by atoms with van der Waals surface area (Å²) in [6.07, 6.45) is 4.00. The Morgan fingerprint density at radius 3 is 2.68 bits per heavy atom. The van der Waals surface area contributed by atoms with Crippen molar-refractivity contribution in [3.63, 3.8) is 0 Å². The van der Waals surface area contributed by atoms with Gasteiger partial charge in [-0.3, -0.25) is 9.69 Å². The number of nitrogens with zero attached hydrogens (tertiary/aromatic N) is 2. The molecule has 6 heteroatoms. The molecule has 1 amide bonds. The molecule has 134 valence electrons. The molecule has 0 saturated carbocycles. The van der Waals surface area contributed by atoms with Crippen LogP contribution < -0.4 is 4.74 Å². The van der Waals surface area contributed by atoms with Gasteiger partial charge in [0.15, 0.2) is 0 Å². The van der Waals surface area contributed by atoms with Crippen molar-refractivity contribution in [3.8, 4) is 5.75 Å². The van der Waals surface area contributed by atoms with Crippen molar-refractivity contribution in [2.75, 3.05) is 39.4 Å². The molecule has 0 unspecified atom stereocenters. The lowest BCUT2D eigenvalue weighted by Gasteiger charge is -2.21. The van der Waals surface area contributed by atoms with Crippen molar-refractivity contribution >= 4 is 5.91 Å². The van der Waals surface area contributed by atoms with Gasteiger partial charge in [0.1, 0.15) is 18.6 Å². The molecular weight excluding hydrogens is 320 g/mol. The molecule has 0 radical (unpaired) electrons. The second-order valence-electron chi connectivity index (χ2n) is 6.15. The summed E-state index contributed by atoms with van der Waals surface area (Å²) in [5.41, 5.74) is 1.83. The van der Waals surface area contributed by atoms with Crippen molar-refractivity contribution < 1.29 is 19.1 Å². The van der Waals surface area contributed by atoms with Crippen LogP contribution in [-0.4, -0.2) is 60.2 Å². The lowest BCUT2D eigenvalue weighted by molar-refractivity contribution is 0.0760. The Labute approximate surface area is 147 Å². The quantitative estimate of drug-likeness (QED) is 0.868. The topological polar surface area (TPSA) is 66.2 Å². The van der Waals surface area contributed by atoms with Crippen molar-refractivity contribution in [2.24, 2.45) is 0 Å². The highest BCUT2D eigenvalue weighted by atomic mass is 16.5. The predicted molar refractivity (Wildman–Crippen MR) is 93.5 cm³/mol. The molecule has 25 heavy (non-hydrogen) atoms. The molecule has 2 heterocycles. The van der Waals surface area contributed by atoms with Crippen LogP contribution in [0.5, 0.6) is 5.75 Å². The number of furan rings is 1. The molecular formula is C19H24N2O4. The molecule has 0 aliphatic carbocycles. The van der Waals surface area contributed by atoms with Crippen molar-refractivity contribution in [3.05, 3.63) is 54.0 Å². The summed E-state index contributed by atoms with van der Waals surface area (Å²) in [6, 6.07) is 9.67. The first-order valence-corrected chi connectivity index (χ1v) is 8.62.